The predicted molar refractivity (Wildman–Crippen MR) is 145 cm³/mol. The first kappa shape index (κ1) is 30.0. The van der Waals surface area contributed by atoms with E-state index in [1.165, 1.54) is 145 Å². The van der Waals surface area contributed by atoms with Crippen LogP contribution in [0.1, 0.15) is 149 Å². The van der Waals surface area contributed by atoms with Crippen LogP contribution in [-0.2, 0) is 0 Å². The van der Waals surface area contributed by atoms with Gasteiger partial charge in [0.25, 0.3) is 0 Å². The quantitative estimate of drug-likeness (QED) is 0.112. The van der Waals surface area contributed by atoms with Crippen LogP contribution in [0, 0.1) is 0 Å². The fourth-order valence-electron chi connectivity index (χ4n) is 4.12. The van der Waals surface area contributed by atoms with E-state index in [-0.39, 0.29) is 0 Å². The molecule has 0 saturated heterocycles. The molecule has 0 nitrogen and oxygen atoms in total. The van der Waals surface area contributed by atoms with E-state index in [1.54, 1.807) is 0 Å². The summed E-state index contributed by atoms with van der Waals surface area (Å²) in [6.07, 6.45) is 33.9. The Bertz CT molecular complexity index is 472. The summed E-state index contributed by atoms with van der Waals surface area (Å²) in [5, 5.41) is 0. The van der Waals surface area contributed by atoms with Crippen molar-refractivity contribution >= 4 is 0 Å². The van der Waals surface area contributed by atoms with E-state index in [1.807, 2.05) is 6.08 Å². The van der Waals surface area contributed by atoms with Gasteiger partial charge in [0.15, 0.2) is 0 Å². The fourth-order valence-corrected chi connectivity index (χ4v) is 4.12. The van der Waals surface area contributed by atoms with Crippen molar-refractivity contribution in [3.63, 3.8) is 0 Å². The second kappa shape index (κ2) is 23.6. The SMILES string of the molecule is C=CCCCCCCCCCCCCCCCCC(=C)CCC=C(C)CCC=C(C)C. The topological polar surface area (TPSA) is 0 Å². The highest BCUT2D eigenvalue weighted by Gasteiger charge is 1.97. The minimum Gasteiger partial charge on any atom is -0.103 e. The number of hydrogen-bond donors (Lipinski definition) is 0. The molecule has 0 amide bonds. The molecule has 0 atom stereocenters. The summed E-state index contributed by atoms with van der Waals surface area (Å²) < 4.78 is 0. The van der Waals surface area contributed by atoms with Crippen molar-refractivity contribution in [2.45, 2.75) is 149 Å². The number of hydrogen-bond acceptors (Lipinski definition) is 0. The molecule has 0 radical (unpaired) electrons. The van der Waals surface area contributed by atoms with Gasteiger partial charge in [-0.05, 0) is 72.1 Å². The molecule has 0 bridgehead atoms. The van der Waals surface area contributed by atoms with E-state index in [0.29, 0.717) is 0 Å². The Hall–Kier alpha value is -1.04. The molecule has 0 heteroatoms. The van der Waals surface area contributed by atoms with Crippen molar-refractivity contribution in [1.82, 2.24) is 0 Å². The monoisotopic (exact) mass is 428 g/mol. The smallest absolute Gasteiger partial charge is 0.0288 e. The third-order valence-corrected chi connectivity index (χ3v) is 6.27. The second-order valence-electron chi connectivity index (χ2n) is 9.94. The molecule has 0 N–H and O–H groups in total. The fraction of sp³-hybridized carbons (Fsp3) is 0.742. The zero-order chi connectivity index (χ0) is 23.0. The largest absolute Gasteiger partial charge is 0.103 e. The standard InChI is InChI=1S/C31H56/c1-6-7-8-9-10-11-12-13-14-15-16-17-18-19-20-21-25-30(4)27-23-28-31(5)26-22-24-29(2)3/h6,24,28H,1,4,7-23,25-27H2,2-3,5H3. The van der Waals surface area contributed by atoms with Gasteiger partial charge in [-0.2, -0.15) is 0 Å². The average molecular weight is 429 g/mol. The summed E-state index contributed by atoms with van der Waals surface area (Å²) in [6.45, 7) is 14.7. The molecule has 0 unspecified atom stereocenters. The van der Waals surface area contributed by atoms with E-state index in [0.717, 1.165) is 0 Å². The lowest BCUT2D eigenvalue weighted by Gasteiger charge is -2.06. The molecule has 0 aromatic heterocycles. The van der Waals surface area contributed by atoms with Gasteiger partial charge in [-0.3, -0.25) is 0 Å². The first-order valence-corrected chi connectivity index (χ1v) is 13.6. The van der Waals surface area contributed by atoms with Crippen molar-refractivity contribution in [3.8, 4) is 0 Å². The van der Waals surface area contributed by atoms with Crippen LogP contribution < -0.4 is 0 Å². The minimum atomic E-state index is 1.18. The Balaban J connectivity index is 3.33. The molecule has 0 aliphatic heterocycles. The Morgan fingerprint density at radius 1 is 0.516 bits per heavy atom. The van der Waals surface area contributed by atoms with Crippen LogP contribution in [0.5, 0.6) is 0 Å². The Morgan fingerprint density at radius 2 is 0.968 bits per heavy atom. The van der Waals surface area contributed by atoms with Crippen LogP contribution in [0.2, 0.25) is 0 Å². The van der Waals surface area contributed by atoms with E-state index >= 15 is 0 Å². The Morgan fingerprint density at radius 3 is 1.45 bits per heavy atom. The van der Waals surface area contributed by atoms with Crippen LogP contribution in [0.15, 0.2) is 48.1 Å². The van der Waals surface area contributed by atoms with Gasteiger partial charge in [0.1, 0.15) is 0 Å². The maximum Gasteiger partial charge on any atom is -0.0288 e. The molecule has 0 saturated carbocycles. The van der Waals surface area contributed by atoms with Crippen molar-refractivity contribution in [3.05, 3.63) is 48.1 Å². The molecular formula is C31H56. The molecule has 0 rings (SSSR count). The van der Waals surface area contributed by atoms with Gasteiger partial charge in [0.2, 0.25) is 0 Å². The van der Waals surface area contributed by atoms with Gasteiger partial charge in [0, 0.05) is 0 Å². The summed E-state index contributed by atoms with van der Waals surface area (Å²) in [6, 6.07) is 0. The lowest BCUT2D eigenvalue weighted by atomic mass is 10.0. The molecule has 0 aliphatic rings. The lowest BCUT2D eigenvalue weighted by Crippen LogP contribution is -1.86. The molecule has 0 fully saturated rings. The molecule has 180 valence electrons. The molecule has 0 aliphatic carbocycles. The molecule has 0 aromatic carbocycles. The summed E-state index contributed by atoms with van der Waals surface area (Å²) in [7, 11) is 0. The van der Waals surface area contributed by atoms with Crippen molar-refractivity contribution in [2.75, 3.05) is 0 Å². The highest BCUT2D eigenvalue weighted by atomic mass is 14.0. The van der Waals surface area contributed by atoms with Crippen LogP contribution in [0.4, 0.5) is 0 Å². The summed E-state index contributed by atoms with van der Waals surface area (Å²) in [5.74, 6) is 0. The molecule has 0 aromatic rings. The van der Waals surface area contributed by atoms with E-state index in [9.17, 15) is 0 Å². The van der Waals surface area contributed by atoms with E-state index < -0.39 is 0 Å². The lowest BCUT2D eigenvalue weighted by molar-refractivity contribution is 0.533. The van der Waals surface area contributed by atoms with Gasteiger partial charge < -0.3 is 0 Å². The van der Waals surface area contributed by atoms with Crippen LogP contribution in [0.25, 0.3) is 0 Å². The molecular weight excluding hydrogens is 372 g/mol. The molecule has 0 heterocycles. The van der Waals surface area contributed by atoms with Gasteiger partial charge in [-0.1, -0.05) is 119 Å². The first-order chi connectivity index (χ1) is 15.1. The van der Waals surface area contributed by atoms with Crippen LogP contribution >= 0.6 is 0 Å². The normalized spacial score (nSPS) is 11.5. The first-order valence-electron chi connectivity index (χ1n) is 13.6. The van der Waals surface area contributed by atoms with E-state index in [2.05, 4.69) is 46.1 Å². The van der Waals surface area contributed by atoms with Gasteiger partial charge in [-0.25, -0.2) is 0 Å². The Labute approximate surface area is 197 Å². The third kappa shape index (κ3) is 25.1. The van der Waals surface area contributed by atoms with Crippen LogP contribution in [0.3, 0.4) is 0 Å². The zero-order valence-electron chi connectivity index (χ0n) is 21.8. The predicted octanol–water partition coefficient (Wildman–Crippen LogP) is 11.4. The summed E-state index contributed by atoms with van der Waals surface area (Å²) in [4.78, 5) is 0. The van der Waals surface area contributed by atoms with Gasteiger partial charge in [0.05, 0.1) is 0 Å². The maximum absolute atomic E-state index is 4.30. The summed E-state index contributed by atoms with van der Waals surface area (Å²) in [5.41, 5.74) is 4.41. The van der Waals surface area contributed by atoms with Crippen LogP contribution in [-0.4, -0.2) is 0 Å². The van der Waals surface area contributed by atoms with Crippen molar-refractivity contribution < 1.29 is 0 Å². The minimum absolute atomic E-state index is 1.18. The number of unbranched alkanes of at least 4 members (excludes halogenated alkanes) is 14. The van der Waals surface area contributed by atoms with Crippen molar-refractivity contribution in [1.29, 1.82) is 0 Å². The van der Waals surface area contributed by atoms with Gasteiger partial charge in [-0.15, -0.1) is 6.58 Å². The third-order valence-electron chi connectivity index (χ3n) is 6.27. The number of rotatable bonds is 23. The van der Waals surface area contributed by atoms with E-state index in [4.69, 9.17) is 0 Å². The Kier molecular flexibility index (Phi) is 22.8. The second-order valence-corrected chi connectivity index (χ2v) is 9.94. The maximum atomic E-state index is 4.30. The highest BCUT2D eigenvalue weighted by molar-refractivity contribution is 5.04. The van der Waals surface area contributed by atoms with Crippen molar-refractivity contribution in [2.24, 2.45) is 0 Å². The number of allylic oxidation sites excluding steroid dienone is 6. The summed E-state index contributed by atoms with van der Waals surface area (Å²) >= 11 is 0. The molecule has 31 heavy (non-hydrogen) atoms. The molecule has 0 spiro atoms. The highest BCUT2D eigenvalue weighted by Crippen LogP contribution is 2.17. The van der Waals surface area contributed by atoms with Gasteiger partial charge >= 0.3 is 0 Å². The zero-order valence-corrected chi connectivity index (χ0v) is 21.8. The average Bonchev–Trinajstić information content (AvgIpc) is 2.73.